The fourth-order valence-electron chi connectivity index (χ4n) is 3.02. The Morgan fingerprint density at radius 2 is 1.96 bits per heavy atom. The van der Waals surface area contributed by atoms with Crippen molar-refractivity contribution in [1.82, 2.24) is 10.6 Å². The van der Waals surface area contributed by atoms with Crippen molar-refractivity contribution >= 4 is 29.9 Å². The van der Waals surface area contributed by atoms with Gasteiger partial charge in [-0.05, 0) is 6.42 Å². The molecular weight excluding hydrogens is 362 g/mol. The Balaban J connectivity index is 0.00000243. The Morgan fingerprint density at radius 3 is 2.54 bits per heavy atom. The largest absolute Gasteiger partial charge is 0.497 e. The van der Waals surface area contributed by atoms with Crippen LogP contribution in [0.3, 0.4) is 0 Å². The maximum absolute atomic E-state index is 12.7. The van der Waals surface area contributed by atoms with Crippen LogP contribution in [0, 0.1) is 0 Å². The predicted molar refractivity (Wildman–Crippen MR) is 98.3 cm³/mol. The van der Waals surface area contributed by atoms with Crippen LogP contribution in [0.4, 0.5) is 5.69 Å². The van der Waals surface area contributed by atoms with Crippen molar-refractivity contribution in [2.24, 2.45) is 0 Å². The minimum absolute atomic E-state index is 0. The highest BCUT2D eigenvalue weighted by atomic mass is 35.5. The molecule has 3 rings (SSSR count). The van der Waals surface area contributed by atoms with Crippen molar-refractivity contribution < 1.29 is 23.8 Å². The second-order valence-electron chi connectivity index (χ2n) is 5.97. The van der Waals surface area contributed by atoms with Gasteiger partial charge < -0.3 is 29.7 Å². The van der Waals surface area contributed by atoms with Gasteiger partial charge in [-0.2, -0.15) is 0 Å². The summed E-state index contributed by atoms with van der Waals surface area (Å²) in [6.45, 7) is 2.21. The fourth-order valence-corrected chi connectivity index (χ4v) is 3.02. The van der Waals surface area contributed by atoms with Crippen LogP contribution >= 0.6 is 12.4 Å². The molecule has 0 radical (unpaired) electrons. The van der Waals surface area contributed by atoms with Gasteiger partial charge >= 0.3 is 0 Å². The van der Waals surface area contributed by atoms with Crippen LogP contribution in [-0.4, -0.2) is 64.4 Å². The van der Waals surface area contributed by atoms with Crippen molar-refractivity contribution in [3.05, 3.63) is 18.2 Å². The quantitative estimate of drug-likeness (QED) is 0.759. The number of anilines is 1. The molecule has 2 heterocycles. The Kier molecular flexibility index (Phi) is 7.07. The number of methoxy groups -OCH3 is 2. The number of carbonyl (C=O) groups is 2. The lowest BCUT2D eigenvalue weighted by Crippen LogP contribution is -2.51. The van der Waals surface area contributed by atoms with Gasteiger partial charge in [0.1, 0.15) is 23.6 Å². The lowest BCUT2D eigenvalue weighted by Gasteiger charge is -2.24. The molecule has 2 fully saturated rings. The highest BCUT2D eigenvalue weighted by molar-refractivity contribution is 6.02. The van der Waals surface area contributed by atoms with Crippen molar-refractivity contribution in [2.75, 3.05) is 45.4 Å². The summed E-state index contributed by atoms with van der Waals surface area (Å²) in [6, 6.07) is 4.75. The van der Waals surface area contributed by atoms with Crippen molar-refractivity contribution in [3.8, 4) is 11.5 Å². The summed E-state index contributed by atoms with van der Waals surface area (Å²) < 4.78 is 15.9. The van der Waals surface area contributed by atoms with Crippen molar-refractivity contribution in [2.45, 2.75) is 18.6 Å². The molecule has 2 aliphatic rings. The lowest BCUT2D eigenvalue weighted by atomic mass is 10.2. The van der Waals surface area contributed by atoms with Gasteiger partial charge in [0, 0.05) is 37.8 Å². The first kappa shape index (κ1) is 20.3. The van der Waals surface area contributed by atoms with E-state index < -0.39 is 12.1 Å². The summed E-state index contributed by atoms with van der Waals surface area (Å²) in [5, 5.41) is 5.90. The van der Waals surface area contributed by atoms with E-state index in [1.807, 2.05) is 0 Å². The zero-order valence-electron chi connectivity index (χ0n) is 14.8. The number of hydrogen-bond acceptors (Lipinski definition) is 6. The van der Waals surface area contributed by atoms with Crippen LogP contribution in [0.25, 0.3) is 0 Å². The normalized spacial score (nSPS) is 22.5. The van der Waals surface area contributed by atoms with Gasteiger partial charge in [0.2, 0.25) is 5.91 Å². The second-order valence-corrected chi connectivity index (χ2v) is 5.97. The van der Waals surface area contributed by atoms with Gasteiger partial charge in [-0.3, -0.25) is 9.59 Å². The monoisotopic (exact) mass is 385 g/mol. The average molecular weight is 386 g/mol. The van der Waals surface area contributed by atoms with E-state index in [1.54, 1.807) is 37.3 Å². The Hall–Kier alpha value is -2.03. The predicted octanol–water partition coefficient (Wildman–Crippen LogP) is 0.336. The summed E-state index contributed by atoms with van der Waals surface area (Å²) in [5.41, 5.74) is 0.688. The molecule has 0 spiro atoms. The number of morpholine rings is 1. The summed E-state index contributed by atoms with van der Waals surface area (Å²) in [7, 11) is 3.12. The third kappa shape index (κ3) is 4.38. The van der Waals surface area contributed by atoms with Crippen LogP contribution in [0.1, 0.15) is 6.42 Å². The lowest BCUT2D eigenvalue weighted by molar-refractivity contribution is -0.136. The number of nitrogens with one attached hydrogen (secondary N) is 2. The number of carbonyl (C=O) groups excluding carboxylic acids is 2. The number of ether oxygens (including phenoxy) is 3. The standard InChI is InChI=1S/C17H23N3O5.ClH/c1-23-12-7-11(8-13(9-12)24-2)20-5-3-14(17(20)22)19-16(21)15-10-18-4-6-25-15;/h7-9,14-15,18H,3-6,10H2,1-2H3,(H,19,21);1H. The third-order valence-corrected chi connectivity index (χ3v) is 4.39. The smallest absolute Gasteiger partial charge is 0.251 e. The van der Waals surface area contributed by atoms with Gasteiger partial charge in [-0.1, -0.05) is 0 Å². The molecule has 2 aliphatic heterocycles. The van der Waals surface area contributed by atoms with E-state index in [0.29, 0.717) is 43.3 Å². The fraction of sp³-hybridized carbons (Fsp3) is 0.529. The van der Waals surface area contributed by atoms with Crippen LogP contribution in [0.2, 0.25) is 0 Å². The van der Waals surface area contributed by atoms with Gasteiger partial charge in [-0.15, -0.1) is 12.4 Å². The summed E-state index contributed by atoms with van der Waals surface area (Å²) in [6.07, 6.45) is -0.00272. The molecule has 2 saturated heterocycles. The van der Waals surface area contributed by atoms with Crippen LogP contribution in [-0.2, 0) is 14.3 Å². The van der Waals surface area contributed by atoms with E-state index in [2.05, 4.69) is 10.6 Å². The minimum atomic E-state index is -0.549. The van der Waals surface area contributed by atoms with E-state index in [9.17, 15) is 9.59 Å². The van der Waals surface area contributed by atoms with E-state index >= 15 is 0 Å². The van der Waals surface area contributed by atoms with E-state index in [1.165, 1.54) is 0 Å². The molecule has 1 aromatic carbocycles. The molecule has 2 unspecified atom stereocenters. The molecule has 144 valence electrons. The molecule has 0 saturated carbocycles. The molecule has 0 aliphatic carbocycles. The zero-order valence-corrected chi connectivity index (χ0v) is 15.6. The van der Waals surface area contributed by atoms with Crippen LogP contribution < -0.4 is 25.0 Å². The van der Waals surface area contributed by atoms with E-state index in [4.69, 9.17) is 14.2 Å². The van der Waals surface area contributed by atoms with Crippen LogP contribution in [0.5, 0.6) is 11.5 Å². The van der Waals surface area contributed by atoms with E-state index in [-0.39, 0.29) is 24.2 Å². The average Bonchev–Trinajstić information content (AvgIpc) is 3.02. The Labute approximate surface area is 158 Å². The summed E-state index contributed by atoms with van der Waals surface area (Å²) in [4.78, 5) is 26.6. The van der Waals surface area contributed by atoms with Gasteiger partial charge in [0.25, 0.3) is 5.91 Å². The molecule has 9 heteroatoms. The van der Waals surface area contributed by atoms with Gasteiger partial charge in [0.05, 0.1) is 26.5 Å². The summed E-state index contributed by atoms with van der Waals surface area (Å²) >= 11 is 0. The molecular formula is C17H24ClN3O5. The van der Waals surface area contributed by atoms with Crippen molar-refractivity contribution in [3.63, 3.8) is 0 Å². The first-order valence-electron chi connectivity index (χ1n) is 8.29. The third-order valence-electron chi connectivity index (χ3n) is 4.39. The van der Waals surface area contributed by atoms with E-state index in [0.717, 1.165) is 6.54 Å². The maximum atomic E-state index is 12.7. The molecule has 1 aromatic rings. The maximum Gasteiger partial charge on any atom is 0.251 e. The number of halogens is 1. The number of hydrogen-bond donors (Lipinski definition) is 2. The molecule has 2 N–H and O–H groups in total. The second kappa shape index (κ2) is 9.07. The number of rotatable bonds is 5. The molecule has 8 nitrogen and oxygen atoms in total. The molecule has 0 aromatic heterocycles. The minimum Gasteiger partial charge on any atom is -0.497 e. The highest BCUT2D eigenvalue weighted by Gasteiger charge is 2.35. The highest BCUT2D eigenvalue weighted by Crippen LogP contribution is 2.31. The molecule has 2 amide bonds. The molecule has 2 atom stereocenters. The Morgan fingerprint density at radius 1 is 1.27 bits per heavy atom. The number of amides is 2. The van der Waals surface area contributed by atoms with Gasteiger partial charge in [-0.25, -0.2) is 0 Å². The van der Waals surface area contributed by atoms with Gasteiger partial charge in [0.15, 0.2) is 0 Å². The SMILES string of the molecule is COc1cc(OC)cc(N2CCC(NC(=O)C3CNCCO3)C2=O)c1.Cl. The molecule has 0 bridgehead atoms. The zero-order chi connectivity index (χ0) is 17.8. The first-order valence-corrected chi connectivity index (χ1v) is 8.29. The number of benzene rings is 1. The molecule has 26 heavy (non-hydrogen) atoms. The topological polar surface area (TPSA) is 89.1 Å². The summed E-state index contributed by atoms with van der Waals surface area (Å²) in [5.74, 6) is 0.815. The number of nitrogens with zero attached hydrogens (tertiary/aromatic N) is 1. The Bertz CT molecular complexity index is 629. The first-order chi connectivity index (χ1) is 12.1. The van der Waals surface area contributed by atoms with Crippen LogP contribution in [0.15, 0.2) is 18.2 Å². The van der Waals surface area contributed by atoms with Crippen molar-refractivity contribution in [1.29, 1.82) is 0 Å².